The average molecular weight is 527 g/mol. The second-order valence-electron chi connectivity index (χ2n) is 11.5. The van der Waals surface area contributed by atoms with Gasteiger partial charge >= 0.3 is 5.97 Å². The number of ether oxygens (including phenoxy) is 1. The molecule has 2 aromatic rings. The minimum Gasteiger partial charge on any atom is -0.496 e. The van der Waals surface area contributed by atoms with Crippen molar-refractivity contribution in [3.8, 4) is 5.75 Å². The Balaban J connectivity index is 1.80. The first-order chi connectivity index (χ1) is 17.6. The molecule has 1 saturated carbocycles. The van der Waals surface area contributed by atoms with Crippen molar-refractivity contribution in [2.75, 3.05) is 7.11 Å². The molecule has 1 aliphatic heterocycles. The smallest absolute Gasteiger partial charge is 0.326 e. The summed E-state index contributed by atoms with van der Waals surface area (Å²) in [5, 5.41) is 14.9. The number of rotatable bonds is 7. The fraction of sp³-hybridized carbons (Fsp3) is 0.533. The Morgan fingerprint density at radius 2 is 1.76 bits per heavy atom. The van der Waals surface area contributed by atoms with Crippen LogP contribution in [0.4, 0.5) is 0 Å². The van der Waals surface area contributed by atoms with E-state index < -0.39 is 18.1 Å². The lowest BCUT2D eigenvalue weighted by atomic mass is 9.72. The predicted molar refractivity (Wildman–Crippen MR) is 146 cm³/mol. The maximum absolute atomic E-state index is 14.1. The summed E-state index contributed by atoms with van der Waals surface area (Å²) < 4.78 is 5.56. The van der Waals surface area contributed by atoms with Gasteiger partial charge in [0.15, 0.2) is 0 Å². The van der Waals surface area contributed by atoms with Gasteiger partial charge in [-0.1, -0.05) is 82.0 Å². The van der Waals surface area contributed by atoms with Crippen molar-refractivity contribution < 1.29 is 19.4 Å². The van der Waals surface area contributed by atoms with Crippen molar-refractivity contribution in [3.05, 3.63) is 64.7 Å². The highest BCUT2D eigenvalue weighted by molar-refractivity contribution is 6.30. The van der Waals surface area contributed by atoms with E-state index in [0.29, 0.717) is 17.3 Å². The number of likely N-dealkylation sites (tertiary alicyclic amines) is 1. The molecule has 37 heavy (non-hydrogen) atoms. The van der Waals surface area contributed by atoms with E-state index in [0.717, 1.165) is 43.2 Å². The Morgan fingerprint density at radius 3 is 2.35 bits per heavy atom. The van der Waals surface area contributed by atoms with Gasteiger partial charge in [0.2, 0.25) is 5.91 Å². The van der Waals surface area contributed by atoms with Crippen molar-refractivity contribution in [3.63, 3.8) is 0 Å². The van der Waals surface area contributed by atoms with Crippen LogP contribution in [-0.2, 0) is 16.1 Å². The van der Waals surface area contributed by atoms with E-state index in [1.54, 1.807) is 18.1 Å². The average Bonchev–Trinajstić information content (AvgIpc) is 3.24. The zero-order chi connectivity index (χ0) is 26.7. The topological polar surface area (TPSA) is 78.9 Å². The maximum atomic E-state index is 14.1. The highest BCUT2D eigenvalue weighted by atomic mass is 35.5. The molecule has 2 aliphatic rings. The van der Waals surface area contributed by atoms with Crippen LogP contribution < -0.4 is 10.1 Å². The number of carboxylic acid groups (broad SMARTS) is 1. The molecule has 1 amide bonds. The third-order valence-corrected chi connectivity index (χ3v) is 8.28. The number of methoxy groups -OCH3 is 1. The summed E-state index contributed by atoms with van der Waals surface area (Å²) in [5.41, 5.74) is 1.45. The number of hydrogen-bond donors (Lipinski definition) is 2. The fourth-order valence-corrected chi connectivity index (χ4v) is 6.60. The molecular formula is C30H39ClN2O4. The second kappa shape index (κ2) is 11.4. The lowest BCUT2D eigenvalue weighted by molar-refractivity contribution is -0.154. The molecule has 1 aliphatic carbocycles. The predicted octanol–water partition coefficient (Wildman–Crippen LogP) is 6.09. The van der Waals surface area contributed by atoms with Gasteiger partial charge in [-0.15, -0.1) is 0 Å². The van der Waals surface area contributed by atoms with Gasteiger partial charge in [-0.25, -0.2) is 4.79 Å². The van der Waals surface area contributed by atoms with Crippen LogP contribution in [0.2, 0.25) is 5.02 Å². The molecule has 2 aromatic carbocycles. The number of carbonyl (C=O) groups excluding carboxylic acids is 1. The summed E-state index contributed by atoms with van der Waals surface area (Å²) in [7, 11) is 1.62. The Kier molecular flexibility index (Phi) is 8.49. The van der Waals surface area contributed by atoms with Crippen LogP contribution in [-0.4, -0.2) is 41.1 Å². The summed E-state index contributed by atoms with van der Waals surface area (Å²) >= 11 is 6.30. The normalized spacial score (nSPS) is 24.7. The van der Waals surface area contributed by atoms with Gasteiger partial charge in [-0.3, -0.25) is 4.79 Å². The Morgan fingerprint density at radius 1 is 1.08 bits per heavy atom. The maximum Gasteiger partial charge on any atom is 0.326 e. The molecule has 2 fully saturated rings. The molecule has 0 spiro atoms. The van der Waals surface area contributed by atoms with E-state index in [4.69, 9.17) is 16.3 Å². The lowest BCUT2D eigenvalue weighted by Gasteiger charge is -2.36. The van der Waals surface area contributed by atoms with Gasteiger partial charge in [0.1, 0.15) is 11.8 Å². The molecule has 1 saturated heterocycles. The van der Waals surface area contributed by atoms with E-state index in [-0.39, 0.29) is 29.2 Å². The number of benzene rings is 2. The van der Waals surface area contributed by atoms with Crippen molar-refractivity contribution in [1.29, 1.82) is 0 Å². The van der Waals surface area contributed by atoms with Gasteiger partial charge in [-0.05, 0) is 42.0 Å². The van der Waals surface area contributed by atoms with E-state index in [9.17, 15) is 14.7 Å². The summed E-state index contributed by atoms with van der Waals surface area (Å²) in [4.78, 5) is 28.8. The van der Waals surface area contributed by atoms with Crippen LogP contribution in [0, 0.1) is 17.3 Å². The van der Waals surface area contributed by atoms with Crippen molar-refractivity contribution in [1.82, 2.24) is 10.2 Å². The Hall–Kier alpha value is -2.57. The van der Waals surface area contributed by atoms with Crippen LogP contribution in [0.25, 0.3) is 0 Å². The van der Waals surface area contributed by atoms with Gasteiger partial charge in [0.05, 0.1) is 13.2 Å². The first-order valence-corrected chi connectivity index (χ1v) is 13.7. The van der Waals surface area contributed by atoms with E-state index in [2.05, 4.69) is 26.1 Å². The number of halogens is 1. The van der Waals surface area contributed by atoms with E-state index in [1.807, 2.05) is 42.5 Å². The van der Waals surface area contributed by atoms with Crippen molar-refractivity contribution in [2.45, 2.75) is 77.5 Å². The highest BCUT2D eigenvalue weighted by Crippen LogP contribution is 2.49. The van der Waals surface area contributed by atoms with E-state index in [1.165, 1.54) is 0 Å². The van der Waals surface area contributed by atoms with Crippen LogP contribution in [0.5, 0.6) is 5.75 Å². The number of carboxylic acids is 1. The monoisotopic (exact) mass is 526 g/mol. The molecule has 0 radical (unpaired) electrons. The molecule has 4 rings (SSSR count). The number of aliphatic carboxylic acids is 1. The summed E-state index contributed by atoms with van der Waals surface area (Å²) in [5.74, 6) is -0.722. The van der Waals surface area contributed by atoms with Crippen LogP contribution in [0.15, 0.2) is 48.5 Å². The van der Waals surface area contributed by atoms with Crippen LogP contribution >= 0.6 is 11.6 Å². The standard InChI is InChI=1S/C30H39ClN2O4/c1-30(2,3)24-25(32-18-21-17-22(31)15-16-23(21)37-4)26(19-11-7-5-8-12-19)33(27(24)29(35)36)28(34)20-13-9-6-10-14-20/h5,7-8,11-12,15-17,20,24-27,32H,6,9-10,13-14,18H2,1-4H3,(H,35,36). The minimum absolute atomic E-state index is 0.0279. The minimum atomic E-state index is -0.949. The summed E-state index contributed by atoms with van der Waals surface area (Å²) in [6.07, 6.45) is 4.79. The van der Waals surface area contributed by atoms with E-state index >= 15 is 0 Å². The molecule has 2 N–H and O–H groups in total. The van der Waals surface area contributed by atoms with Crippen molar-refractivity contribution in [2.24, 2.45) is 17.3 Å². The largest absolute Gasteiger partial charge is 0.496 e. The number of nitrogens with zero attached hydrogens (tertiary/aromatic N) is 1. The Bertz CT molecular complexity index is 1090. The molecular weight excluding hydrogens is 488 g/mol. The lowest BCUT2D eigenvalue weighted by Crippen LogP contribution is -2.49. The van der Waals surface area contributed by atoms with Gasteiger partial charge in [0, 0.05) is 35.0 Å². The van der Waals surface area contributed by atoms with Crippen molar-refractivity contribution >= 4 is 23.5 Å². The first kappa shape index (κ1) is 27.5. The SMILES string of the molecule is COc1ccc(Cl)cc1CNC1C(c2ccccc2)N(C(=O)C2CCCCC2)C(C(=O)O)C1C(C)(C)C. The number of hydrogen-bond acceptors (Lipinski definition) is 4. The molecule has 7 heteroatoms. The zero-order valence-corrected chi connectivity index (χ0v) is 23.0. The molecule has 4 atom stereocenters. The van der Waals surface area contributed by atoms with Crippen LogP contribution in [0.3, 0.4) is 0 Å². The number of nitrogens with one attached hydrogen (secondary N) is 1. The molecule has 200 valence electrons. The first-order valence-electron chi connectivity index (χ1n) is 13.3. The third kappa shape index (κ3) is 5.80. The van der Waals surface area contributed by atoms with Gasteiger partial charge in [-0.2, -0.15) is 0 Å². The third-order valence-electron chi connectivity index (χ3n) is 8.04. The second-order valence-corrected chi connectivity index (χ2v) is 11.9. The molecule has 0 bridgehead atoms. The van der Waals surface area contributed by atoms with Gasteiger partial charge < -0.3 is 20.1 Å². The Labute approximate surface area is 225 Å². The molecule has 4 unspecified atom stereocenters. The van der Waals surface area contributed by atoms with Gasteiger partial charge in [0.25, 0.3) is 0 Å². The fourth-order valence-electron chi connectivity index (χ4n) is 6.40. The van der Waals surface area contributed by atoms with Crippen LogP contribution in [0.1, 0.15) is 70.0 Å². The summed E-state index contributed by atoms with van der Waals surface area (Å²) in [6, 6.07) is 13.7. The number of carbonyl (C=O) groups is 2. The quantitative estimate of drug-likeness (QED) is 0.456. The molecule has 6 nitrogen and oxygen atoms in total. The molecule has 1 heterocycles. The summed E-state index contributed by atoms with van der Waals surface area (Å²) in [6.45, 7) is 6.64. The number of amides is 1. The highest BCUT2D eigenvalue weighted by Gasteiger charge is 2.58. The zero-order valence-electron chi connectivity index (χ0n) is 22.2. The molecule has 0 aromatic heterocycles.